The normalized spacial score (nSPS) is 18.2. The number of anilines is 1. The van der Waals surface area contributed by atoms with Crippen LogP contribution in [0.25, 0.3) is 0 Å². The maximum absolute atomic E-state index is 12.8. The number of carbonyl (C=O) groups excluding carboxylic acids is 1. The van der Waals surface area contributed by atoms with Crippen LogP contribution in [0.2, 0.25) is 5.02 Å². The van der Waals surface area contributed by atoms with Crippen molar-refractivity contribution in [3.05, 3.63) is 40.7 Å². The van der Waals surface area contributed by atoms with Gasteiger partial charge in [-0.1, -0.05) is 22.9 Å². The van der Waals surface area contributed by atoms with Crippen LogP contribution in [0.4, 0.5) is 5.69 Å². The Morgan fingerprint density at radius 2 is 2.13 bits per heavy atom. The summed E-state index contributed by atoms with van der Waals surface area (Å²) in [6.07, 6.45) is 4.65. The van der Waals surface area contributed by atoms with Gasteiger partial charge in [0.25, 0.3) is 5.91 Å². The molecule has 2 aliphatic rings. The van der Waals surface area contributed by atoms with E-state index in [-0.39, 0.29) is 5.91 Å². The summed E-state index contributed by atoms with van der Waals surface area (Å²) in [5.74, 6) is -0.105. The van der Waals surface area contributed by atoms with Gasteiger partial charge in [-0.3, -0.25) is 4.79 Å². The number of nitrogens with zero attached hydrogens (tertiary/aromatic N) is 4. The molecule has 1 N–H and O–H groups in total. The van der Waals surface area contributed by atoms with Gasteiger partial charge in [-0.05, 0) is 50.0 Å². The van der Waals surface area contributed by atoms with Crippen LogP contribution in [0.3, 0.4) is 0 Å². The molecule has 0 radical (unpaired) electrons. The van der Waals surface area contributed by atoms with Crippen molar-refractivity contribution in [2.24, 2.45) is 0 Å². The molecule has 1 amide bonds. The maximum atomic E-state index is 12.8. The van der Waals surface area contributed by atoms with Gasteiger partial charge in [-0.15, -0.1) is 5.10 Å². The first kappa shape index (κ1) is 14.7. The second-order valence-electron chi connectivity index (χ2n) is 6.04. The van der Waals surface area contributed by atoms with Gasteiger partial charge in [-0.2, -0.15) is 0 Å². The van der Waals surface area contributed by atoms with Gasteiger partial charge in [0, 0.05) is 17.3 Å². The molecule has 7 heteroatoms. The van der Waals surface area contributed by atoms with Gasteiger partial charge in [0.15, 0.2) is 5.69 Å². The summed E-state index contributed by atoms with van der Waals surface area (Å²) in [4.78, 5) is 14.5. The van der Waals surface area contributed by atoms with Crippen LogP contribution in [-0.2, 0) is 6.42 Å². The third-order valence-corrected chi connectivity index (χ3v) is 4.84. The first-order valence-electron chi connectivity index (χ1n) is 7.95. The third kappa shape index (κ3) is 2.72. The summed E-state index contributed by atoms with van der Waals surface area (Å²) < 4.78 is 1.84. The average Bonchev–Trinajstić information content (AvgIpc) is 3.22. The summed E-state index contributed by atoms with van der Waals surface area (Å²) in [6.45, 7) is 2.62. The summed E-state index contributed by atoms with van der Waals surface area (Å²) in [5, 5.41) is 12.2. The van der Waals surface area contributed by atoms with Crippen molar-refractivity contribution < 1.29 is 4.79 Å². The number of nitrogens with one attached hydrogen (secondary N) is 1. The number of rotatable bonds is 2. The minimum atomic E-state index is -0.105. The lowest BCUT2D eigenvalue weighted by atomic mass is 10.1. The molecule has 1 fully saturated rings. The number of benzene rings is 1. The predicted molar refractivity (Wildman–Crippen MR) is 88.0 cm³/mol. The number of halogens is 1. The molecule has 4 rings (SSSR count). The molecule has 2 aromatic rings. The van der Waals surface area contributed by atoms with Crippen molar-refractivity contribution in [1.29, 1.82) is 0 Å². The molecule has 0 saturated carbocycles. The largest absolute Gasteiger partial charge is 0.317 e. The Labute approximate surface area is 139 Å². The predicted octanol–water partition coefficient (Wildman–Crippen LogP) is 2.06. The first-order valence-corrected chi connectivity index (χ1v) is 8.33. The fraction of sp³-hybridized carbons (Fsp3) is 0.438. The Balaban J connectivity index is 1.56. The molecular formula is C16H18ClN5O. The molecular weight excluding hydrogens is 314 g/mol. The van der Waals surface area contributed by atoms with E-state index in [9.17, 15) is 4.79 Å². The zero-order valence-corrected chi connectivity index (χ0v) is 13.5. The van der Waals surface area contributed by atoms with Gasteiger partial charge in [-0.25, -0.2) is 4.68 Å². The van der Waals surface area contributed by atoms with Gasteiger partial charge in [0.2, 0.25) is 0 Å². The van der Waals surface area contributed by atoms with E-state index in [0.717, 1.165) is 43.6 Å². The standard InChI is InChI=1S/C16H18ClN5O/c17-12-2-1-11-5-8-21(15(11)9-12)16(23)14-10-22(20-19-14)13-3-6-18-7-4-13/h1-2,9-10,13,18H,3-8H2. The van der Waals surface area contributed by atoms with Gasteiger partial charge < -0.3 is 10.2 Å². The van der Waals surface area contributed by atoms with Gasteiger partial charge in [0.1, 0.15) is 0 Å². The van der Waals surface area contributed by atoms with Gasteiger partial charge >= 0.3 is 0 Å². The van der Waals surface area contributed by atoms with Crippen molar-refractivity contribution in [2.75, 3.05) is 24.5 Å². The van der Waals surface area contributed by atoms with Crippen LogP contribution < -0.4 is 10.2 Å². The van der Waals surface area contributed by atoms with Crippen LogP contribution in [0.1, 0.15) is 34.9 Å². The van der Waals surface area contributed by atoms with Crippen LogP contribution in [-0.4, -0.2) is 40.5 Å². The number of aromatic nitrogens is 3. The Morgan fingerprint density at radius 3 is 2.96 bits per heavy atom. The summed E-state index contributed by atoms with van der Waals surface area (Å²) >= 11 is 6.07. The molecule has 2 aliphatic heterocycles. The molecule has 1 aromatic heterocycles. The van der Waals surface area contributed by atoms with E-state index >= 15 is 0 Å². The number of piperidine rings is 1. The van der Waals surface area contributed by atoms with E-state index in [2.05, 4.69) is 15.6 Å². The highest BCUT2D eigenvalue weighted by Crippen LogP contribution is 2.31. The summed E-state index contributed by atoms with van der Waals surface area (Å²) in [6, 6.07) is 6.02. The van der Waals surface area contributed by atoms with Crippen molar-refractivity contribution in [3.63, 3.8) is 0 Å². The molecule has 0 unspecified atom stereocenters. The molecule has 3 heterocycles. The van der Waals surface area contributed by atoms with Gasteiger partial charge in [0.05, 0.1) is 12.2 Å². The number of hydrogen-bond acceptors (Lipinski definition) is 4. The quantitative estimate of drug-likeness (QED) is 0.915. The number of hydrogen-bond donors (Lipinski definition) is 1. The molecule has 0 aliphatic carbocycles. The highest BCUT2D eigenvalue weighted by molar-refractivity contribution is 6.31. The highest BCUT2D eigenvalue weighted by Gasteiger charge is 2.28. The number of amides is 1. The smallest absolute Gasteiger partial charge is 0.280 e. The van der Waals surface area contributed by atoms with Crippen molar-refractivity contribution in [2.45, 2.75) is 25.3 Å². The van der Waals surface area contributed by atoms with Crippen molar-refractivity contribution >= 4 is 23.2 Å². The Hall–Kier alpha value is -1.92. The van der Waals surface area contributed by atoms with Crippen LogP contribution in [0.5, 0.6) is 0 Å². The molecule has 0 atom stereocenters. The lowest BCUT2D eigenvalue weighted by molar-refractivity contribution is 0.0984. The maximum Gasteiger partial charge on any atom is 0.280 e. The first-order chi connectivity index (χ1) is 11.2. The molecule has 6 nitrogen and oxygen atoms in total. The molecule has 1 aromatic carbocycles. The Morgan fingerprint density at radius 1 is 1.30 bits per heavy atom. The van der Waals surface area contributed by atoms with Crippen LogP contribution >= 0.6 is 11.6 Å². The molecule has 23 heavy (non-hydrogen) atoms. The molecule has 0 bridgehead atoms. The molecule has 120 valence electrons. The average molecular weight is 332 g/mol. The van der Waals surface area contributed by atoms with Crippen molar-refractivity contribution in [3.8, 4) is 0 Å². The zero-order chi connectivity index (χ0) is 15.8. The summed E-state index contributed by atoms with van der Waals surface area (Å²) in [5.41, 5.74) is 2.43. The second-order valence-corrected chi connectivity index (χ2v) is 6.48. The minimum Gasteiger partial charge on any atom is -0.317 e. The van der Waals surface area contributed by atoms with E-state index in [0.29, 0.717) is 23.3 Å². The van der Waals surface area contributed by atoms with E-state index < -0.39 is 0 Å². The van der Waals surface area contributed by atoms with E-state index in [1.54, 1.807) is 11.1 Å². The monoisotopic (exact) mass is 331 g/mol. The third-order valence-electron chi connectivity index (χ3n) is 4.60. The number of fused-ring (bicyclic) bond motifs is 1. The van der Waals surface area contributed by atoms with E-state index in [1.807, 2.05) is 22.9 Å². The van der Waals surface area contributed by atoms with Crippen LogP contribution in [0, 0.1) is 0 Å². The minimum absolute atomic E-state index is 0.105. The second kappa shape index (κ2) is 5.94. The Bertz CT molecular complexity index is 738. The fourth-order valence-corrected chi connectivity index (χ4v) is 3.49. The Kier molecular flexibility index (Phi) is 3.79. The molecule has 1 saturated heterocycles. The van der Waals surface area contributed by atoms with Crippen LogP contribution in [0.15, 0.2) is 24.4 Å². The zero-order valence-electron chi connectivity index (χ0n) is 12.7. The highest BCUT2D eigenvalue weighted by atomic mass is 35.5. The fourth-order valence-electron chi connectivity index (χ4n) is 3.33. The van der Waals surface area contributed by atoms with Crippen molar-refractivity contribution in [1.82, 2.24) is 20.3 Å². The SMILES string of the molecule is O=C(c1cn(C2CCNCC2)nn1)N1CCc2ccc(Cl)cc21. The lowest BCUT2D eigenvalue weighted by Gasteiger charge is -2.22. The summed E-state index contributed by atoms with van der Waals surface area (Å²) in [7, 11) is 0. The van der Waals surface area contributed by atoms with E-state index in [4.69, 9.17) is 11.6 Å². The lowest BCUT2D eigenvalue weighted by Crippen LogP contribution is -2.30. The van der Waals surface area contributed by atoms with E-state index in [1.165, 1.54) is 0 Å². The molecule has 0 spiro atoms. The topological polar surface area (TPSA) is 63.1 Å². The number of carbonyl (C=O) groups is 1.